The van der Waals surface area contributed by atoms with Crippen LogP contribution in [0.15, 0.2) is 182 Å². The minimum absolute atomic E-state index is 0.0378. The van der Waals surface area contributed by atoms with Crippen molar-refractivity contribution in [3.05, 3.63) is 238 Å². The predicted octanol–water partition coefficient (Wildman–Crippen LogP) is 22.4. The van der Waals surface area contributed by atoms with Crippen LogP contribution in [0.2, 0.25) is 0 Å². The van der Waals surface area contributed by atoms with Crippen molar-refractivity contribution in [1.82, 2.24) is 9.13 Å². The lowest BCUT2D eigenvalue weighted by Gasteiger charge is -2.23. The Morgan fingerprint density at radius 3 is 1.01 bits per heavy atom. The van der Waals surface area contributed by atoms with Gasteiger partial charge in [-0.15, -0.1) is 0 Å². The van der Waals surface area contributed by atoms with E-state index in [4.69, 9.17) is 0 Å². The SMILES string of the molecule is Cc1ccc(-c2ccc3c(c2)c2cc(-c4ccc(C(F)(F)F)cc4C)ccc2n3-c2cc(-c3cccc(C#N)c3)cc(-n3c4ccc(-c5ccc(C(F)(F)F)cc5C)cc4c4cc(-c5ccc(C(F)(F)F)cc5C)ccc43)c2C(F)(F)F)c(C(F)(F)F)c1. The van der Waals surface area contributed by atoms with Crippen molar-refractivity contribution in [2.24, 2.45) is 0 Å². The van der Waals surface area contributed by atoms with Crippen LogP contribution in [0.4, 0.5) is 65.9 Å². The summed E-state index contributed by atoms with van der Waals surface area (Å²) in [4.78, 5) is 0. The van der Waals surface area contributed by atoms with Crippen LogP contribution in [-0.4, -0.2) is 9.13 Å². The standard InChI is InChI=1S/C70H42F15N3/c1-36-8-16-53(58(24-36)69(80,81)82)45-12-23-62-57(32-45)56-31-44(52-19-15-49(27-39(52)4)68(77,78)79)11-22-61(56)88(62)64-34-46(41-7-5-6-40(28-41)35-86)33-63(65(64)70(83,84)85)87-59-20-9-42(50-17-13-47(25-37(50)2)66(71,72)73)29-54(59)55-30-43(10-21-60(55)87)51-18-14-48(26-38(51)3)67(74,75)76/h5-34H,1-4H3. The molecule has 10 aromatic carbocycles. The zero-order valence-corrected chi connectivity index (χ0v) is 46.3. The van der Waals surface area contributed by atoms with Gasteiger partial charge < -0.3 is 9.13 Å². The Hall–Kier alpha value is -9.76. The van der Waals surface area contributed by atoms with E-state index in [0.717, 1.165) is 42.5 Å². The zero-order chi connectivity index (χ0) is 62.9. The molecule has 0 amide bonds. The maximum Gasteiger partial charge on any atom is 0.420 e. The maximum atomic E-state index is 17.1. The number of aryl methyl sites for hydroxylation is 4. The number of hydrogen-bond donors (Lipinski definition) is 0. The quantitative estimate of drug-likeness (QED) is 0.146. The molecule has 0 saturated carbocycles. The number of aromatic nitrogens is 2. The van der Waals surface area contributed by atoms with Crippen molar-refractivity contribution in [2.45, 2.75) is 58.6 Å². The van der Waals surface area contributed by atoms with Crippen molar-refractivity contribution < 1.29 is 65.9 Å². The molecule has 0 N–H and O–H groups in total. The first-order chi connectivity index (χ1) is 41.4. The number of rotatable bonds is 7. The van der Waals surface area contributed by atoms with Crippen molar-refractivity contribution in [1.29, 1.82) is 5.26 Å². The van der Waals surface area contributed by atoms with E-state index in [-0.39, 0.29) is 88.1 Å². The Bertz CT molecular complexity index is 4780. The fourth-order valence-electron chi connectivity index (χ4n) is 12.1. The van der Waals surface area contributed by atoms with E-state index in [1.807, 2.05) is 0 Å². The highest BCUT2D eigenvalue weighted by molar-refractivity contribution is 6.14. The summed E-state index contributed by atoms with van der Waals surface area (Å²) < 4.78 is 224. The first-order valence-electron chi connectivity index (χ1n) is 27.0. The fourth-order valence-corrected chi connectivity index (χ4v) is 12.1. The third-order valence-corrected chi connectivity index (χ3v) is 16.1. The molecule has 0 aliphatic heterocycles. The maximum absolute atomic E-state index is 17.1. The van der Waals surface area contributed by atoms with Gasteiger partial charge in [-0.25, -0.2) is 0 Å². The highest BCUT2D eigenvalue weighted by Crippen LogP contribution is 2.50. The number of hydrogen-bond acceptors (Lipinski definition) is 1. The second kappa shape index (κ2) is 20.7. The topological polar surface area (TPSA) is 33.6 Å². The molecule has 0 unspecified atom stereocenters. The van der Waals surface area contributed by atoms with Crippen LogP contribution in [0.1, 0.15) is 55.6 Å². The summed E-state index contributed by atoms with van der Waals surface area (Å²) in [5.41, 5.74) is -2.18. The molecule has 2 aromatic heterocycles. The van der Waals surface area contributed by atoms with Crippen LogP contribution >= 0.6 is 0 Å². The van der Waals surface area contributed by atoms with Crippen LogP contribution in [0.3, 0.4) is 0 Å². The summed E-state index contributed by atoms with van der Waals surface area (Å²) in [6.45, 7) is 5.89. The number of fused-ring (bicyclic) bond motifs is 6. The average molecular weight is 1210 g/mol. The smallest absolute Gasteiger partial charge is 0.309 e. The van der Waals surface area contributed by atoms with E-state index in [0.29, 0.717) is 38.9 Å². The first-order valence-corrected chi connectivity index (χ1v) is 27.0. The fraction of sp³-hybridized carbons (Fsp3) is 0.129. The van der Waals surface area contributed by atoms with Crippen molar-refractivity contribution in [3.63, 3.8) is 0 Å². The summed E-state index contributed by atoms with van der Waals surface area (Å²) in [6.07, 6.45) is -24.2. The monoisotopic (exact) mass is 1210 g/mol. The minimum atomic E-state index is -5.29. The van der Waals surface area contributed by atoms with Gasteiger partial charge in [0.05, 0.1) is 67.3 Å². The van der Waals surface area contributed by atoms with E-state index in [9.17, 15) is 57.9 Å². The minimum Gasteiger partial charge on any atom is -0.309 e. The van der Waals surface area contributed by atoms with Gasteiger partial charge >= 0.3 is 30.9 Å². The van der Waals surface area contributed by atoms with E-state index in [2.05, 4.69) is 6.07 Å². The van der Waals surface area contributed by atoms with Crippen LogP contribution in [0, 0.1) is 39.0 Å². The average Bonchev–Trinajstić information content (AvgIpc) is 1.53. The van der Waals surface area contributed by atoms with Gasteiger partial charge in [-0.1, -0.05) is 72.3 Å². The summed E-state index contributed by atoms with van der Waals surface area (Å²) >= 11 is 0. The Labute approximate surface area is 491 Å². The van der Waals surface area contributed by atoms with E-state index >= 15 is 13.2 Å². The summed E-state index contributed by atoms with van der Waals surface area (Å²) in [6, 6.07) is 41.9. The largest absolute Gasteiger partial charge is 0.420 e. The lowest BCUT2D eigenvalue weighted by Crippen LogP contribution is -2.16. The number of halogens is 15. The molecule has 0 radical (unpaired) electrons. The molecule has 0 saturated heterocycles. The van der Waals surface area contributed by atoms with Gasteiger partial charge in [0, 0.05) is 21.5 Å². The van der Waals surface area contributed by atoms with Gasteiger partial charge in [0.25, 0.3) is 0 Å². The molecular formula is C70H42F15N3. The van der Waals surface area contributed by atoms with Gasteiger partial charge in [-0.05, 0) is 215 Å². The highest BCUT2D eigenvalue weighted by atomic mass is 19.4. The lowest BCUT2D eigenvalue weighted by atomic mass is 9.95. The highest BCUT2D eigenvalue weighted by Gasteiger charge is 2.41. The van der Waals surface area contributed by atoms with Gasteiger partial charge in [-0.3, -0.25) is 0 Å². The Morgan fingerprint density at radius 1 is 0.318 bits per heavy atom. The summed E-state index contributed by atoms with van der Waals surface area (Å²) in [7, 11) is 0. The molecule has 0 atom stereocenters. The summed E-state index contributed by atoms with van der Waals surface area (Å²) in [5.74, 6) is 0. The Balaban J connectivity index is 1.20. The van der Waals surface area contributed by atoms with Crippen molar-refractivity contribution in [2.75, 3.05) is 0 Å². The predicted molar refractivity (Wildman–Crippen MR) is 311 cm³/mol. The molecule has 0 fully saturated rings. The van der Waals surface area contributed by atoms with E-state index in [1.54, 1.807) is 36.4 Å². The number of nitrogens with zero attached hydrogens (tertiary/aromatic N) is 3. The second-order valence-corrected chi connectivity index (χ2v) is 21.8. The molecule has 88 heavy (non-hydrogen) atoms. The zero-order valence-electron chi connectivity index (χ0n) is 46.3. The Kier molecular flexibility index (Phi) is 13.8. The van der Waals surface area contributed by atoms with Crippen LogP contribution in [0.25, 0.3) is 111 Å². The molecule has 0 spiro atoms. The van der Waals surface area contributed by atoms with Gasteiger partial charge in [0.2, 0.25) is 0 Å². The lowest BCUT2D eigenvalue weighted by molar-refractivity contribution is -0.138. The van der Waals surface area contributed by atoms with Gasteiger partial charge in [0.15, 0.2) is 0 Å². The van der Waals surface area contributed by atoms with Gasteiger partial charge in [0.1, 0.15) is 5.56 Å². The molecule has 0 aliphatic carbocycles. The number of nitriles is 1. The molecule has 0 bridgehead atoms. The molecular weight excluding hydrogens is 1170 g/mol. The third-order valence-electron chi connectivity index (χ3n) is 16.1. The molecule has 442 valence electrons. The molecule has 0 aliphatic rings. The van der Waals surface area contributed by atoms with Gasteiger partial charge in [-0.2, -0.15) is 71.1 Å². The summed E-state index contributed by atoms with van der Waals surface area (Å²) in [5, 5.41) is 11.1. The van der Waals surface area contributed by atoms with Crippen LogP contribution in [0.5, 0.6) is 0 Å². The second-order valence-electron chi connectivity index (χ2n) is 21.8. The number of benzene rings is 10. The normalized spacial score (nSPS) is 12.7. The van der Waals surface area contributed by atoms with Crippen molar-refractivity contribution >= 4 is 43.6 Å². The third kappa shape index (κ3) is 10.3. The molecule has 12 rings (SSSR count). The van der Waals surface area contributed by atoms with Crippen molar-refractivity contribution in [3.8, 4) is 73.1 Å². The van der Waals surface area contributed by atoms with Crippen LogP contribution < -0.4 is 0 Å². The van der Waals surface area contributed by atoms with Crippen LogP contribution in [-0.2, 0) is 30.9 Å². The molecule has 3 nitrogen and oxygen atoms in total. The first kappa shape index (κ1) is 58.6. The molecule has 12 aromatic rings. The number of alkyl halides is 15. The van der Waals surface area contributed by atoms with E-state index < -0.39 is 70.1 Å². The van der Waals surface area contributed by atoms with E-state index in [1.165, 1.54) is 140 Å². The Morgan fingerprint density at radius 2 is 0.682 bits per heavy atom. The molecule has 2 heterocycles. The molecule has 18 heteroatoms.